The number of hydrogen-bond donors (Lipinski definition) is 2. The topological polar surface area (TPSA) is 68.2 Å². The van der Waals surface area contributed by atoms with Gasteiger partial charge < -0.3 is 0 Å². The molecule has 0 saturated carbocycles. The second-order valence-electron chi connectivity index (χ2n) is 10.6. The maximum absolute atomic E-state index is 11.5. The molecule has 2 N–H and O–H groups in total. The number of rotatable bonds is 7. The van der Waals surface area contributed by atoms with Crippen LogP contribution in [0, 0.1) is 13.8 Å². The molecule has 1 aliphatic rings. The first kappa shape index (κ1) is 28.9. The molecule has 1 aliphatic heterocycles. The molecule has 0 aromatic heterocycles. The van der Waals surface area contributed by atoms with Crippen molar-refractivity contribution in [3.63, 3.8) is 0 Å². The first-order chi connectivity index (χ1) is 18.1. The second kappa shape index (κ2) is 12.8. The fourth-order valence-corrected chi connectivity index (χ4v) is 6.97. The van der Waals surface area contributed by atoms with E-state index in [9.17, 15) is 10.00 Å². The van der Waals surface area contributed by atoms with Gasteiger partial charge in [-0.3, -0.25) is 0 Å². The van der Waals surface area contributed by atoms with Gasteiger partial charge in [-0.15, -0.1) is 0 Å². The molecule has 7 heteroatoms. The van der Waals surface area contributed by atoms with Gasteiger partial charge in [0.2, 0.25) is 0 Å². The van der Waals surface area contributed by atoms with Crippen LogP contribution in [-0.2, 0) is 15.5 Å². The van der Waals surface area contributed by atoms with Crippen molar-refractivity contribution in [2.24, 2.45) is 0 Å². The number of hydrogen-bond acceptors (Lipinski definition) is 5. The average Bonchev–Trinajstić information content (AvgIpc) is 2.96. The summed E-state index contributed by atoms with van der Waals surface area (Å²) in [7, 11) is -3.62. The molecule has 4 rings (SSSR count). The zero-order chi connectivity index (χ0) is 27.3. The van der Waals surface area contributed by atoms with Crippen molar-refractivity contribution in [2.75, 3.05) is 13.0 Å². The zero-order valence-electron chi connectivity index (χ0n) is 22.8. The van der Waals surface area contributed by atoms with Crippen LogP contribution < -0.4 is 4.74 Å². The van der Waals surface area contributed by atoms with E-state index in [0.29, 0.717) is 23.1 Å². The Morgan fingerprint density at radius 2 is 1.79 bits per heavy atom. The molecule has 1 atom stereocenters. The summed E-state index contributed by atoms with van der Waals surface area (Å²) >= 11 is 6.23. The third kappa shape index (κ3) is 7.49. The van der Waals surface area contributed by atoms with Crippen LogP contribution >= 0.6 is 19.5 Å². The molecule has 1 fully saturated rings. The number of phenolic OH excluding ortho intramolecular Hbond substituents is 1. The van der Waals surface area contributed by atoms with Crippen LogP contribution in [0.2, 0.25) is 5.02 Å². The number of aromatic hydroxyl groups is 1. The van der Waals surface area contributed by atoms with Gasteiger partial charge in [0.1, 0.15) is 0 Å². The Morgan fingerprint density at radius 1 is 1.03 bits per heavy atom. The van der Waals surface area contributed by atoms with Crippen molar-refractivity contribution in [2.45, 2.75) is 71.8 Å². The van der Waals surface area contributed by atoms with E-state index in [1.165, 1.54) is 5.56 Å². The number of phenols is 1. The molecular formula is C31H40ClO5P. The summed E-state index contributed by atoms with van der Waals surface area (Å²) in [6, 6.07) is 17.5. The van der Waals surface area contributed by atoms with Gasteiger partial charge >= 0.3 is 233 Å². The van der Waals surface area contributed by atoms with Crippen molar-refractivity contribution in [1.82, 2.24) is 0 Å². The van der Waals surface area contributed by atoms with Gasteiger partial charge in [-0.05, 0) is 0 Å². The summed E-state index contributed by atoms with van der Waals surface area (Å²) in [5.41, 5.74) is 6.51. The fourth-order valence-electron chi connectivity index (χ4n) is 5.04. The van der Waals surface area contributed by atoms with Crippen molar-refractivity contribution < 1.29 is 23.8 Å². The van der Waals surface area contributed by atoms with E-state index >= 15 is 0 Å². The minimum absolute atomic E-state index is 0.0159. The third-order valence-electron chi connectivity index (χ3n) is 7.17. The van der Waals surface area contributed by atoms with E-state index in [2.05, 4.69) is 33.8 Å². The van der Waals surface area contributed by atoms with Crippen LogP contribution in [-0.4, -0.2) is 23.0 Å². The standard InChI is InChI=1S/C31H40ClO5P/c1-21(2)28-17-24(12-13-30(28)33)18-29-22(3)15-27(16-23(29)4)35-20-38(34)36-14-7-5-6-11-31(37-38)25-9-8-10-26(32)19-25/h8-10,12-13,15-17,19,21,31,33-34,38H,5-7,11,14,18,20H2,1-4H3/t31-/m0/s1. The molecule has 1 saturated heterocycles. The van der Waals surface area contributed by atoms with E-state index in [1.54, 1.807) is 6.07 Å². The van der Waals surface area contributed by atoms with Crippen LogP contribution in [0.25, 0.3) is 0 Å². The van der Waals surface area contributed by atoms with E-state index in [4.69, 9.17) is 25.4 Å². The first-order valence-corrected chi connectivity index (χ1v) is 15.8. The first-order valence-electron chi connectivity index (χ1n) is 13.5. The Kier molecular flexibility index (Phi) is 9.73. The molecule has 0 spiro atoms. The van der Waals surface area contributed by atoms with E-state index in [1.807, 2.05) is 42.5 Å². The Balaban J connectivity index is 1.49. The van der Waals surface area contributed by atoms with Crippen LogP contribution in [0.15, 0.2) is 54.6 Å². The molecule has 5 nitrogen and oxygen atoms in total. The fraction of sp³-hybridized carbons (Fsp3) is 0.419. The van der Waals surface area contributed by atoms with Gasteiger partial charge in [-0.1, -0.05) is 0 Å². The van der Waals surface area contributed by atoms with E-state index in [-0.39, 0.29) is 18.4 Å². The minimum atomic E-state index is -3.62. The van der Waals surface area contributed by atoms with Gasteiger partial charge in [-0.2, -0.15) is 0 Å². The van der Waals surface area contributed by atoms with Crippen LogP contribution in [0.4, 0.5) is 0 Å². The molecule has 0 bridgehead atoms. The Bertz CT molecular complexity index is 1220. The number of halogens is 1. The van der Waals surface area contributed by atoms with Gasteiger partial charge in [0.05, 0.1) is 0 Å². The van der Waals surface area contributed by atoms with E-state index in [0.717, 1.165) is 59.9 Å². The summed E-state index contributed by atoms with van der Waals surface area (Å²) in [5.74, 6) is 1.28. The molecule has 0 radical (unpaired) electrons. The molecule has 3 aromatic carbocycles. The normalized spacial score (nSPS) is 18.9. The van der Waals surface area contributed by atoms with Crippen molar-refractivity contribution in [3.05, 3.63) is 93.0 Å². The maximum atomic E-state index is 11.5. The van der Waals surface area contributed by atoms with Gasteiger partial charge in [0, 0.05) is 0 Å². The van der Waals surface area contributed by atoms with Gasteiger partial charge in [0.15, 0.2) is 0 Å². The van der Waals surface area contributed by atoms with Crippen molar-refractivity contribution >= 4 is 19.5 Å². The van der Waals surface area contributed by atoms with Crippen LogP contribution in [0.3, 0.4) is 0 Å². The molecule has 206 valence electrons. The number of ether oxygens (including phenoxy) is 1. The van der Waals surface area contributed by atoms with Crippen LogP contribution in [0.5, 0.6) is 11.5 Å². The predicted octanol–water partition coefficient (Wildman–Crippen LogP) is 8.55. The summed E-state index contributed by atoms with van der Waals surface area (Å²) in [6.07, 6.45) is 4.14. The third-order valence-corrected chi connectivity index (χ3v) is 9.22. The second-order valence-corrected chi connectivity index (χ2v) is 13.3. The molecular weight excluding hydrogens is 519 g/mol. The van der Waals surface area contributed by atoms with Crippen LogP contribution in [0.1, 0.15) is 84.9 Å². The molecule has 0 unspecified atom stereocenters. The van der Waals surface area contributed by atoms with Crippen molar-refractivity contribution in [1.29, 1.82) is 0 Å². The molecule has 38 heavy (non-hydrogen) atoms. The molecule has 0 amide bonds. The summed E-state index contributed by atoms with van der Waals surface area (Å²) in [5, 5.41) is 10.8. The van der Waals surface area contributed by atoms with E-state index < -0.39 is 7.94 Å². The number of aryl methyl sites for hydroxylation is 2. The summed E-state index contributed by atoms with van der Waals surface area (Å²) in [6.45, 7) is 8.78. The Labute approximate surface area is 232 Å². The summed E-state index contributed by atoms with van der Waals surface area (Å²) in [4.78, 5) is 11.5. The Morgan fingerprint density at radius 3 is 2.50 bits per heavy atom. The van der Waals surface area contributed by atoms with Gasteiger partial charge in [0.25, 0.3) is 0 Å². The zero-order valence-corrected chi connectivity index (χ0v) is 24.6. The summed E-state index contributed by atoms with van der Waals surface area (Å²) < 4.78 is 18.4. The molecule has 1 heterocycles. The number of benzene rings is 3. The quantitative estimate of drug-likeness (QED) is 0.284. The molecule has 3 aromatic rings. The predicted molar refractivity (Wildman–Crippen MR) is 157 cm³/mol. The monoisotopic (exact) mass is 558 g/mol. The van der Waals surface area contributed by atoms with Gasteiger partial charge in [-0.25, -0.2) is 0 Å². The average molecular weight is 559 g/mol. The SMILES string of the molecule is Cc1cc(OC[PH]2(O)OCCCCC[C@@H](c3cccc(Cl)c3)O2)cc(C)c1Cc1ccc(O)c(C(C)C)c1. The molecule has 0 aliphatic carbocycles. The Hall–Kier alpha value is -2.14. The van der Waals surface area contributed by atoms with Crippen molar-refractivity contribution in [3.8, 4) is 11.5 Å².